The minimum Gasteiger partial charge on any atom is -0.508 e. The summed E-state index contributed by atoms with van der Waals surface area (Å²) in [4.78, 5) is 24.9. The number of alkyl carbamates (subject to hydrolysis) is 1. The van der Waals surface area contributed by atoms with E-state index in [1.54, 1.807) is 12.1 Å². The lowest BCUT2D eigenvalue weighted by Gasteiger charge is -2.21. The number of nitrogens with one attached hydrogen (secondary N) is 2. The number of nitrogens with zero attached hydrogens (tertiary/aromatic N) is 1. The summed E-state index contributed by atoms with van der Waals surface area (Å²) in [5.74, 6) is -0.162. The third-order valence-electron chi connectivity index (χ3n) is 4.38. The van der Waals surface area contributed by atoms with Gasteiger partial charge in [0.25, 0.3) is 0 Å². The van der Waals surface area contributed by atoms with Gasteiger partial charge in [-0.3, -0.25) is 4.79 Å². The van der Waals surface area contributed by atoms with Crippen molar-refractivity contribution in [3.63, 3.8) is 0 Å². The molecule has 0 bridgehead atoms. The molecule has 2 aromatic rings. The number of amides is 2. The molecule has 30 heavy (non-hydrogen) atoms. The largest absolute Gasteiger partial charge is 0.508 e. The van der Waals surface area contributed by atoms with Gasteiger partial charge in [-0.05, 0) is 35.6 Å². The molecule has 0 aliphatic rings. The Labute approximate surface area is 176 Å². The lowest BCUT2D eigenvalue weighted by molar-refractivity contribution is -0.123. The fourth-order valence-corrected chi connectivity index (χ4v) is 2.88. The van der Waals surface area contributed by atoms with Gasteiger partial charge in [0.2, 0.25) is 5.91 Å². The van der Waals surface area contributed by atoms with E-state index in [4.69, 9.17) is 4.74 Å². The maximum Gasteiger partial charge on any atom is 0.408 e. The zero-order valence-electron chi connectivity index (χ0n) is 17.2. The lowest BCUT2D eigenvalue weighted by Crippen LogP contribution is -2.50. The molecule has 7 heteroatoms. The number of hydrogen-bond donors (Lipinski definition) is 3. The quantitative estimate of drug-likeness (QED) is 0.588. The normalized spacial score (nSPS) is 12.5. The van der Waals surface area contributed by atoms with Crippen molar-refractivity contribution in [1.29, 1.82) is 5.26 Å². The van der Waals surface area contributed by atoms with Crippen LogP contribution in [0.1, 0.15) is 31.4 Å². The van der Waals surface area contributed by atoms with E-state index in [-0.39, 0.29) is 24.7 Å². The Hall–Kier alpha value is -3.53. The Morgan fingerprint density at radius 3 is 2.30 bits per heavy atom. The number of carbonyl (C=O) groups excluding carboxylic acids is 2. The van der Waals surface area contributed by atoms with Crippen LogP contribution >= 0.6 is 0 Å². The van der Waals surface area contributed by atoms with Crippen molar-refractivity contribution in [3.05, 3.63) is 65.7 Å². The fourth-order valence-electron chi connectivity index (χ4n) is 2.88. The third-order valence-corrected chi connectivity index (χ3v) is 4.38. The molecule has 158 valence electrons. The van der Waals surface area contributed by atoms with Crippen LogP contribution in [0.15, 0.2) is 54.6 Å². The van der Waals surface area contributed by atoms with Crippen LogP contribution in [0.2, 0.25) is 0 Å². The Morgan fingerprint density at radius 2 is 1.70 bits per heavy atom. The molecule has 0 aliphatic carbocycles. The second kappa shape index (κ2) is 11.5. The zero-order valence-corrected chi connectivity index (χ0v) is 17.2. The van der Waals surface area contributed by atoms with Gasteiger partial charge in [0, 0.05) is 6.42 Å². The molecule has 0 aliphatic heterocycles. The molecule has 2 amide bonds. The summed E-state index contributed by atoms with van der Waals surface area (Å²) in [6, 6.07) is 16.2. The SMILES string of the molecule is CC(C)C[C@H](NC(=O)OCc1ccccc1)C(=O)N[C@H](C#N)Cc1ccc(O)cc1. The van der Waals surface area contributed by atoms with Crippen LogP contribution in [0.25, 0.3) is 0 Å². The van der Waals surface area contributed by atoms with Crippen LogP contribution in [0, 0.1) is 17.2 Å². The Morgan fingerprint density at radius 1 is 1.03 bits per heavy atom. The molecule has 0 heterocycles. The van der Waals surface area contributed by atoms with E-state index in [0.29, 0.717) is 6.42 Å². The van der Waals surface area contributed by atoms with Crippen LogP contribution in [0.3, 0.4) is 0 Å². The first-order chi connectivity index (χ1) is 14.4. The number of phenolic OH excluding ortho intramolecular Hbond substituents is 1. The van der Waals surface area contributed by atoms with E-state index in [1.165, 1.54) is 12.1 Å². The second-order valence-electron chi connectivity index (χ2n) is 7.45. The highest BCUT2D eigenvalue weighted by Gasteiger charge is 2.25. The summed E-state index contributed by atoms with van der Waals surface area (Å²) >= 11 is 0. The van der Waals surface area contributed by atoms with Crippen LogP contribution in [-0.4, -0.2) is 29.2 Å². The summed E-state index contributed by atoms with van der Waals surface area (Å²) in [5.41, 5.74) is 1.64. The van der Waals surface area contributed by atoms with Gasteiger partial charge in [-0.2, -0.15) is 5.26 Å². The maximum absolute atomic E-state index is 12.7. The summed E-state index contributed by atoms with van der Waals surface area (Å²) < 4.78 is 5.21. The predicted octanol–water partition coefficient (Wildman–Crippen LogP) is 3.28. The van der Waals surface area contributed by atoms with Crippen LogP contribution in [0.4, 0.5) is 4.79 Å². The van der Waals surface area contributed by atoms with Crippen molar-refractivity contribution in [2.24, 2.45) is 5.92 Å². The molecule has 3 N–H and O–H groups in total. The van der Waals surface area contributed by atoms with Crippen molar-refractivity contribution in [2.45, 2.75) is 45.4 Å². The third kappa shape index (κ3) is 7.84. The molecule has 2 atom stereocenters. The monoisotopic (exact) mass is 409 g/mol. The average Bonchev–Trinajstić information content (AvgIpc) is 2.73. The first-order valence-electron chi connectivity index (χ1n) is 9.82. The molecule has 2 aromatic carbocycles. The highest BCUT2D eigenvalue weighted by molar-refractivity contribution is 5.86. The van der Waals surface area contributed by atoms with Crippen molar-refractivity contribution < 1.29 is 19.4 Å². The number of hydrogen-bond acceptors (Lipinski definition) is 5. The van der Waals surface area contributed by atoms with Gasteiger partial charge in [-0.15, -0.1) is 0 Å². The van der Waals surface area contributed by atoms with Gasteiger partial charge < -0.3 is 20.5 Å². The molecule has 0 saturated heterocycles. The molecule has 0 aromatic heterocycles. The Balaban J connectivity index is 1.94. The molecule has 0 unspecified atom stereocenters. The van der Waals surface area contributed by atoms with Crippen molar-refractivity contribution >= 4 is 12.0 Å². The number of nitriles is 1. The van der Waals surface area contributed by atoms with Gasteiger partial charge in [0.15, 0.2) is 0 Å². The molecule has 0 radical (unpaired) electrons. The summed E-state index contributed by atoms with van der Waals surface area (Å²) in [7, 11) is 0. The summed E-state index contributed by atoms with van der Waals surface area (Å²) in [6.45, 7) is 3.98. The van der Waals surface area contributed by atoms with E-state index in [1.807, 2.05) is 44.2 Å². The van der Waals surface area contributed by atoms with Gasteiger partial charge in [0.1, 0.15) is 24.4 Å². The fraction of sp³-hybridized carbons (Fsp3) is 0.348. The minimum absolute atomic E-state index is 0.102. The standard InChI is InChI=1S/C23H27N3O4/c1-16(2)12-21(26-23(29)30-15-18-6-4-3-5-7-18)22(28)25-19(14-24)13-17-8-10-20(27)11-9-17/h3-11,16,19,21,27H,12-13,15H2,1-2H3,(H,25,28)(H,26,29)/t19-,21-/m0/s1. The maximum atomic E-state index is 12.7. The van der Waals surface area contributed by atoms with Crippen molar-refractivity contribution in [3.8, 4) is 11.8 Å². The Kier molecular flexibility index (Phi) is 8.70. The Bertz CT molecular complexity index is 860. The van der Waals surface area contributed by atoms with Crippen LogP contribution in [0.5, 0.6) is 5.75 Å². The van der Waals surface area contributed by atoms with Gasteiger partial charge in [-0.1, -0.05) is 56.3 Å². The zero-order chi connectivity index (χ0) is 21.9. The first kappa shape index (κ1) is 22.8. The molecule has 2 rings (SSSR count). The molecule has 7 nitrogen and oxygen atoms in total. The number of carbonyl (C=O) groups is 2. The van der Waals surface area contributed by atoms with Gasteiger partial charge in [-0.25, -0.2) is 4.79 Å². The highest BCUT2D eigenvalue weighted by Crippen LogP contribution is 2.12. The van der Waals surface area contributed by atoms with Crippen molar-refractivity contribution in [2.75, 3.05) is 0 Å². The summed E-state index contributed by atoms with van der Waals surface area (Å²) in [5, 5.41) is 24.1. The molecule has 0 fully saturated rings. The van der Waals surface area contributed by atoms with E-state index >= 15 is 0 Å². The second-order valence-corrected chi connectivity index (χ2v) is 7.45. The lowest BCUT2D eigenvalue weighted by atomic mass is 10.0. The topological polar surface area (TPSA) is 111 Å². The number of ether oxygens (including phenoxy) is 1. The molecular formula is C23H27N3O4. The smallest absolute Gasteiger partial charge is 0.408 e. The average molecular weight is 409 g/mol. The van der Waals surface area contributed by atoms with E-state index in [0.717, 1.165) is 11.1 Å². The number of aromatic hydroxyl groups is 1. The first-order valence-corrected chi connectivity index (χ1v) is 9.82. The highest BCUT2D eigenvalue weighted by atomic mass is 16.5. The van der Waals surface area contributed by atoms with E-state index in [9.17, 15) is 20.0 Å². The van der Waals surface area contributed by atoms with E-state index in [2.05, 4.69) is 16.7 Å². The van der Waals surface area contributed by atoms with Crippen molar-refractivity contribution in [1.82, 2.24) is 10.6 Å². The summed E-state index contributed by atoms with van der Waals surface area (Å²) in [6.07, 6.45) is 0.00521. The minimum atomic E-state index is -0.816. The molecular weight excluding hydrogens is 382 g/mol. The number of benzene rings is 2. The van der Waals surface area contributed by atoms with E-state index < -0.39 is 24.1 Å². The van der Waals surface area contributed by atoms with Crippen LogP contribution in [-0.2, 0) is 22.6 Å². The van der Waals surface area contributed by atoms with Crippen LogP contribution < -0.4 is 10.6 Å². The number of rotatable bonds is 9. The molecule has 0 spiro atoms. The predicted molar refractivity (Wildman–Crippen MR) is 112 cm³/mol. The van der Waals surface area contributed by atoms with Gasteiger partial charge in [0.05, 0.1) is 6.07 Å². The number of phenols is 1. The van der Waals surface area contributed by atoms with Gasteiger partial charge >= 0.3 is 6.09 Å². The molecule has 0 saturated carbocycles.